The number of aryl methyl sites for hydroxylation is 1. The minimum absolute atomic E-state index is 0.145. The van der Waals surface area contributed by atoms with Crippen molar-refractivity contribution >= 4 is 0 Å². The molecule has 3 atom stereocenters. The highest BCUT2D eigenvalue weighted by Gasteiger charge is 2.28. The van der Waals surface area contributed by atoms with Gasteiger partial charge in [-0.15, -0.1) is 0 Å². The van der Waals surface area contributed by atoms with Crippen molar-refractivity contribution in [2.45, 2.75) is 52.1 Å². The summed E-state index contributed by atoms with van der Waals surface area (Å²) in [7, 11) is 0. The van der Waals surface area contributed by atoms with Crippen LogP contribution in [0.1, 0.15) is 43.7 Å². The molecule has 94 valence electrons. The molecule has 0 heterocycles. The van der Waals surface area contributed by atoms with Gasteiger partial charge in [-0.05, 0) is 43.6 Å². The Morgan fingerprint density at radius 1 is 1.35 bits per heavy atom. The zero-order chi connectivity index (χ0) is 12.3. The van der Waals surface area contributed by atoms with Crippen LogP contribution in [-0.2, 0) is 6.42 Å². The molecule has 0 bridgehead atoms. The van der Waals surface area contributed by atoms with E-state index in [1.807, 2.05) is 0 Å². The van der Waals surface area contributed by atoms with Gasteiger partial charge in [-0.3, -0.25) is 0 Å². The molecule has 1 saturated carbocycles. The summed E-state index contributed by atoms with van der Waals surface area (Å²) < 4.78 is 0. The van der Waals surface area contributed by atoms with Gasteiger partial charge in [0.1, 0.15) is 0 Å². The number of hydrogen-bond donors (Lipinski definition) is 1. The quantitative estimate of drug-likeness (QED) is 0.838. The smallest absolute Gasteiger partial charge is 0.0608 e. The van der Waals surface area contributed by atoms with Crippen LogP contribution < -0.4 is 0 Å². The summed E-state index contributed by atoms with van der Waals surface area (Å²) in [6.45, 7) is 4.37. The van der Waals surface area contributed by atoms with Gasteiger partial charge in [0, 0.05) is 0 Å². The highest BCUT2D eigenvalue weighted by atomic mass is 16.3. The van der Waals surface area contributed by atoms with Gasteiger partial charge in [0.15, 0.2) is 0 Å². The van der Waals surface area contributed by atoms with Crippen LogP contribution in [0.5, 0.6) is 0 Å². The molecule has 0 spiro atoms. The normalized spacial score (nSPS) is 26.1. The monoisotopic (exact) mass is 232 g/mol. The molecule has 1 fully saturated rings. The van der Waals surface area contributed by atoms with Gasteiger partial charge < -0.3 is 5.11 Å². The second kappa shape index (κ2) is 5.68. The molecule has 0 aromatic heterocycles. The van der Waals surface area contributed by atoms with E-state index < -0.39 is 0 Å². The summed E-state index contributed by atoms with van der Waals surface area (Å²) >= 11 is 0. The van der Waals surface area contributed by atoms with Gasteiger partial charge in [0.05, 0.1) is 6.10 Å². The first kappa shape index (κ1) is 12.6. The standard InChI is InChI=1S/C16H24O/c1-3-13-7-8-15(10-13)16(17)11-14-6-4-5-12(2)9-14/h4-6,9,13,15-17H,3,7-8,10-11H2,1-2H3. The molecule has 1 heteroatoms. The minimum Gasteiger partial charge on any atom is -0.392 e. The Labute approximate surface area is 105 Å². The zero-order valence-corrected chi connectivity index (χ0v) is 11.0. The first-order chi connectivity index (χ1) is 8.19. The van der Waals surface area contributed by atoms with E-state index in [1.165, 1.54) is 36.8 Å². The Morgan fingerprint density at radius 2 is 2.18 bits per heavy atom. The lowest BCUT2D eigenvalue weighted by atomic mass is 9.93. The first-order valence-electron chi connectivity index (χ1n) is 6.92. The molecule has 1 aliphatic rings. The van der Waals surface area contributed by atoms with E-state index in [0.29, 0.717) is 5.92 Å². The van der Waals surface area contributed by atoms with Crippen molar-refractivity contribution in [3.05, 3.63) is 35.4 Å². The molecule has 17 heavy (non-hydrogen) atoms. The summed E-state index contributed by atoms with van der Waals surface area (Å²) in [5.41, 5.74) is 2.56. The first-order valence-corrected chi connectivity index (χ1v) is 6.92. The van der Waals surface area contributed by atoms with Gasteiger partial charge >= 0.3 is 0 Å². The third kappa shape index (κ3) is 3.32. The maximum Gasteiger partial charge on any atom is 0.0608 e. The average Bonchev–Trinajstić information content (AvgIpc) is 2.77. The van der Waals surface area contributed by atoms with Crippen LogP contribution >= 0.6 is 0 Å². The lowest BCUT2D eigenvalue weighted by Crippen LogP contribution is -2.20. The molecule has 0 amide bonds. The van der Waals surface area contributed by atoms with Crippen molar-refractivity contribution < 1.29 is 5.11 Å². The van der Waals surface area contributed by atoms with Gasteiger partial charge in [-0.1, -0.05) is 49.6 Å². The van der Waals surface area contributed by atoms with Crippen molar-refractivity contribution in [2.24, 2.45) is 11.8 Å². The third-order valence-electron chi connectivity index (χ3n) is 4.23. The number of aliphatic hydroxyl groups is 1. The number of hydrogen-bond acceptors (Lipinski definition) is 1. The molecular formula is C16H24O. The zero-order valence-electron chi connectivity index (χ0n) is 11.0. The van der Waals surface area contributed by atoms with Crippen molar-refractivity contribution in [2.75, 3.05) is 0 Å². The van der Waals surface area contributed by atoms with E-state index in [2.05, 4.69) is 38.1 Å². The number of aliphatic hydroxyl groups excluding tert-OH is 1. The van der Waals surface area contributed by atoms with E-state index in [0.717, 1.165) is 12.3 Å². The summed E-state index contributed by atoms with van der Waals surface area (Å²) in [6, 6.07) is 8.51. The molecule has 1 N–H and O–H groups in total. The maximum atomic E-state index is 10.3. The van der Waals surface area contributed by atoms with Gasteiger partial charge in [-0.2, -0.15) is 0 Å². The number of benzene rings is 1. The summed E-state index contributed by atoms with van der Waals surface area (Å²) in [4.78, 5) is 0. The van der Waals surface area contributed by atoms with Crippen molar-refractivity contribution in [1.82, 2.24) is 0 Å². The van der Waals surface area contributed by atoms with E-state index in [4.69, 9.17) is 0 Å². The van der Waals surface area contributed by atoms with E-state index in [-0.39, 0.29) is 6.10 Å². The molecule has 0 aliphatic heterocycles. The Balaban J connectivity index is 1.91. The van der Waals surface area contributed by atoms with Gasteiger partial charge in [0.2, 0.25) is 0 Å². The predicted octanol–water partition coefficient (Wildman–Crippen LogP) is 3.72. The fraction of sp³-hybridized carbons (Fsp3) is 0.625. The predicted molar refractivity (Wildman–Crippen MR) is 72.0 cm³/mol. The van der Waals surface area contributed by atoms with E-state index >= 15 is 0 Å². The molecule has 0 radical (unpaired) electrons. The van der Waals surface area contributed by atoms with Crippen molar-refractivity contribution in [1.29, 1.82) is 0 Å². The van der Waals surface area contributed by atoms with Crippen molar-refractivity contribution in [3.8, 4) is 0 Å². The summed E-state index contributed by atoms with van der Waals surface area (Å²) in [5, 5.41) is 10.3. The molecule has 1 aromatic rings. The third-order valence-corrected chi connectivity index (χ3v) is 4.23. The average molecular weight is 232 g/mol. The lowest BCUT2D eigenvalue weighted by molar-refractivity contribution is 0.108. The Hall–Kier alpha value is -0.820. The SMILES string of the molecule is CCC1CCC(C(O)Cc2cccc(C)c2)C1. The Morgan fingerprint density at radius 3 is 2.82 bits per heavy atom. The lowest BCUT2D eigenvalue weighted by Gasteiger charge is -2.18. The largest absolute Gasteiger partial charge is 0.392 e. The van der Waals surface area contributed by atoms with Crippen LogP contribution in [0.4, 0.5) is 0 Å². The fourth-order valence-corrected chi connectivity index (χ4v) is 3.08. The van der Waals surface area contributed by atoms with Crippen LogP contribution in [0.3, 0.4) is 0 Å². The second-order valence-electron chi connectivity index (χ2n) is 5.61. The Kier molecular flexibility index (Phi) is 4.22. The van der Waals surface area contributed by atoms with Crippen molar-refractivity contribution in [3.63, 3.8) is 0 Å². The molecule has 0 saturated heterocycles. The van der Waals surface area contributed by atoms with Gasteiger partial charge in [-0.25, -0.2) is 0 Å². The molecule has 1 aromatic carbocycles. The highest BCUT2D eigenvalue weighted by molar-refractivity contribution is 5.22. The maximum absolute atomic E-state index is 10.3. The van der Waals surface area contributed by atoms with E-state index in [9.17, 15) is 5.11 Å². The van der Waals surface area contributed by atoms with Gasteiger partial charge in [0.25, 0.3) is 0 Å². The van der Waals surface area contributed by atoms with Crippen LogP contribution in [0.25, 0.3) is 0 Å². The summed E-state index contributed by atoms with van der Waals surface area (Å²) in [5.74, 6) is 1.38. The fourth-order valence-electron chi connectivity index (χ4n) is 3.08. The van der Waals surface area contributed by atoms with Crippen LogP contribution in [0.15, 0.2) is 24.3 Å². The van der Waals surface area contributed by atoms with E-state index in [1.54, 1.807) is 0 Å². The van der Waals surface area contributed by atoms with Crippen LogP contribution in [-0.4, -0.2) is 11.2 Å². The summed E-state index contributed by atoms with van der Waals surface area (Å²) in [6.07, 6.45) is 5.70. The topological polar surface area (TPSA) is 20.2 Å². The highest BCUT2D eigenvalue weighted by Crippen LogP contribution is 2.35. The minimum atomic E-state index is -0.145. The second-order valence-corrected chi connectivity index (χ2v) is 5.61. The Bertz CT molecular complexity index is 358. The molecule has 1 nitrogen and oxygen atoms in total. The molecular weight excluding hydrogens is 208 g/mol. The molecule has 3 unspecified atom stereocenters. The number of rotatable bonds is 4. The van der Waals surface area contributed by atoms with Crippen LogP contribution in [0.2, 0.25) is 0 Å². The molecule has 2 rings (SSSR count). The molecule has 1 aliphatic carbocycles. The van der Waals surface area contributed by atoms with Crippen LogP contribution in [0, 0.1) is 18.8 Å².